The Bertz CT molecular complexity index is 735. The molecular formula is C29H51F9O3S. The van der Waals surface area contributed by atoms with Gasteiger partial charge in [0.05, 0.1) is 6.61 Å². The second-order valence-electron chi connectivity index (χ2n) is 11.1. The lowest BCUT2D eigenvalue weighted by Crippen LogP contribution is -2.47. The summed E-state index contributed by atoms with van der Waals surface area (Å²) in [5.41, 5.74) is 0. The van der Waals surface area contributed by atoms with Crippen LogP contribution < -0.4 is 0 Å². The van der Waals surface area contributed by atoms with Crippen LogP contribution in [-0.2, 0) is 14.3 Å². The molecule has 0 aliphatic heterocycles. The third kappa shape index (κ3) is 18.8. The van der Waals surface area contributed by atoms with E-state index in [9.17, 15) is 47.9 Å². The summed E-state index contributed by atoms with van der Waals surface area (Å²) in [7, 11) is -4.69. The summed E-state index contributed by atoms with van der Waals surface area (Å²) in [6.07, 6.45) is -9.39. The molecule has 254 valence electrons. The molecule has 42 heavy (non-hydrogen) atoms. The maximum atomic E-state index is 14.0. The van der Waals surface area contributed by atoms with Gasteiger partial charge in [-0.2, -0.15) is 8.42 Å². The second-order valence-corrected chi connectivity index (χ2v) is 12.7. The Morgan fingerprint density at radius 3 is 1.14 bits per heavy atom. The van der Waals surface area contributed by atoms with Crippen molar-refractivity contribution in [1.82, 2.24) is 0 Å². The molecule has 8 unspecified atom stereocenters. The van der Waals surface area contributed by atoms with Crippen LogP contribution in [0.25, 0.3) is 0 Å². The molecule has 0 aromatic heterocycles. The highest BCUT2D eigenvalue weighted by molar-refractivity contribution is 7.86. The molecule has 0 saturated heterocycles. The normalized spacial score (nSPS) is 18.2. The van der Waals surface area contributed by atoms with Crippen molar-refractivity contribution in [1.29, 1.82) is 0 Å². The van der Waals surface area contributed by atoms with Crippen LogP contribution in [0.4, 0.5) is 39.5 Å². The average Bonchev–Trinajstić information content (AvgIpc) is 2.97. The van der Waals surface area contributed by atoms with E-state index in [0.717, 1.165) is 25.7 Å². The van der Waals surface area contributed by atoms with Crippen molar-refractivity contribution in [2.24, 2.45) is 0 Å². The number of hydrogen-bond acceptors (Lipinski definition) is 3. The maximum absolute atomic E-state index is 14.0. The van der Waals surface area contributed by atoms with E-state index in [-0.39, 0.29) is 6.61 Å². The minimum Gasteiger partial charge on any atom is -0.270 e. The van der Waals surface area contributed by atoms with E-state index < -0.39 is 71.9 Å². The van der Waals surface area contributed by atoms with Crippen LogP contribution in [0, 0.1) is 0 Å². The Morgan fingerprint density at radius 1 is 0.476 bits per heavy atom. The number of halogens is 9. The lowest BCUT2D eigenvalue weighted by Gasteiger charge is -2.25. The van der Waals surface area contributed by atoms with Gasteiger partial charge in [-0.05, 0) is 6.42 Å². The quantitative estimate of drug-likeness (QED) is 0.0460. The molecule has 0 radical (unpaired) electrons. The summed E-state index contributed by atoms with van der Waals surface area (Å²) >= 11 is 0. The highest BCUT2D eigenvalue weighted by atomic mass is 32.2. The summed E-state index contributed by atoms with van der Waals surface area (Å²) < 4.78 is 149. The van der Waals surface area contributed by atoms with Gasteiger partial charge in [-0.3, -0.25) is 4.18 Å². The maximum Gasteiger partial charge on any atom is 0.270 e. The van der Waals surface area contributed by atoms with Crippen LogP contribution in [0.15, 0.2) is 0 Å². The fourth-order valence-corrected chi connectivity index (χ4v) is 5.58. The van der Waals surface area contributed by atoms with Gasteiger partial charge in [-0.15, -0.1) is 0 Å². The standard InChI is InChI=1S/C29H51F9O3S/c1-2-3-4-5-6-7-8-9-10-11-12-13-14-15-16-17-18-19-41-42(39,40)21-23(32)25(34)27(36)29(38)28(37)26(35)24(33)22(31)20-30/h22-29H,2-21H2,1H3. The van der Waals surface area contributed by atoms with Gasteiger partial charge in [0.2, 0.25) is 0 Å². The van der Waals surface area contributed by atoms with Gasteiger partial charge in [0.1, 0.15) is 12.4 Å². The summed E-state index contributed by atoms with van der Waals surface area (Å²) in [6.45, 7) is -0.187. The summed E-state index contributed by atoms with van der Waals surface area (Å²) in [6, 6.07) is 0. The zero-order valence-electron chi connectivity index (χ0n) is 24.8. The molecule has 3 nitrogen and oxygen atoms in total. The Labute approximate surface area is 246 Å². The lowest BCUT2D eigenvalue weighted by molar-refractivity contribution is -0.0460. The molecule has 0 saturated carbocycles. The Morgan fingerprint density at radius 2 is 0.786 bits per heavy atom. The van der Waals surface area contributed by atoms with E-state index >= 15 is 0 Å². The zero-order valence-corrected chi connectivity index (χ0v) is 25.6. The van der Waals surface area contributed by atoms with E-state index in [1.807, 2.05) is 0 Å². The Balaban J connectivity index is 4.01. The van der Waals surface area contributed by atoms with Gasteiger partial charge >= 0.3 is 0 Å². The van der Waals surface area contributed by atoms with Gasteiger partial charge in [0.25, 0.3) is 10.1 Å². The molecule has 0 aromatic carbocycles. The fraction of sp³-hybridized carbons (Fsp3) is 1.00. The second kappa shape index (κ2) is 24.6. The molecule has 13 heteroatoms. The summed E-state index contributed by atoms with van der Waals surface area (Å²) in [5, 5.41) is 0. The van der Waals surface area contributed by atoms with Crippen molar-refractivity contribution in [2.45, 2.75) is 165 Å². The van der Waals surface area contributed by atoms with Crippen molar-refractivity contribution in [3.05, 3.63) is 0 Å². The van der Waals surface area contributed by atoms with E-state index in [4.69, 9.17) is 0 Å². The van der Waals surface area contributed by atoms with Crippen LogP contribution in [0.2, 0.25) is 0 Å². The fourth-order valence-electron chi connectivity index (χ4n) is 4.53. The molecule has 0 bridgehead atoms. The summed E-state index contributed by atoms with van der Waals surface area (Å²) in [4.78, 5) is 0. The van der Waals surface area contributed by atoms with Crippen molar-refractivity contribution >= 4 is 10.1 Å². The van der Waals surface area contributed by atoms with E-state index in [2.05, 4.69) is 11.1 Å². The van der Waals surface area contributed by atoms with Crippen LogP contribution in [-0.4, -0.2) is 76.8 Å². The zero-order chi connectivity index (χ0) is 32.0. The third-order valence-electron chi connectivity index (χ3n) is 7.23. The molecule has 0 rings (SSSR count). The molecule has 0 aliphatic rings. The van der Waals surface area contributed by atoms with Gasteiger partial charge < -0.3 is 0 Å². The first-order valence-electron chi connectivity index (χ1n) is 15.4. The van der Waals surface area contributed by atoms with Crippen molar-refractivity contribution in [3.63, 3.8) is 0 Å². The molecule has 0 aliphatic carbocycles. The Kier molecular flexibility index (Phi) is 24.2. The first-order valence-corrected chi connectivity index (χ1v) is 17.0. The van der Waals surface area contributed by atoms with Crippen LogP contribution in [0.1, 0.15) is 116 Å². The smallest absolute Gasteiger partial charge is 0.270 e. The third-order valence-corrected chi connectivity index (χ3v) is 8.49. The Hall–Kier alpha value is -0.720. The van der Waals surface area contributed by atoms with Crippen LogP contribution >= 0.6 is 0 Å². The highest BCUT2D eigenvalue weighted by Crippen LogP contribution is 2.28. The highest BCUT2D eigenvalue weighted by Gasteiger charge is 2.47. The SMILES string of the molecule is CCCCCCCCCCCCCCCCCCCOS(=O)(=O)CC(F)C(F)C(F)C(F)C(F)C(F)C(F)C(F)CF. The van der Waals surface area contributed by atoms with Gasteiger partial charge in [-0.1, -0.05) is 110 Å². The molecule has 0 fully saturated rings. The summed E-state index contributed by atoms with van der Waals surface area (Å²) in [5.74, 6) is -1.71. The predicted molar refractivity (Wildman–Crippen MR) is 149 cm³/mol. The van der Waals surface area contributed by atoms with E-state index in [1.54, 1.807) is 0 Å². The largest absolute Gasteiger partial charge is 0.270 e. The molecule has 8 atom stereocenters. The number of alkyl halides is 9. The molecule has 0 amide bonds. The molecule has 0 heterocycles. The van der Waals surface area contributed by atoms with Gasteiger partial charge in [0, 0.05) is 0 Å². The topological polar surface area (TPSA) is 43.4 Å². The average molecular weight is 651 g/mol. The molecule has 0 spiro atoms. The first-order chi connectivity index (χ1) is 19.9. The van der Waals surface area contributed by atoms with E-state index in [1.165, 1.54) is 70.6 Å². The molecular weight excluding hydrogens is 599 g/mol. The van der Waals surface area contributed by atoms with Gasteiger partial charge in [-0.25, -0.2) is 39.5 Å². The number of hydrogen-bond donors (Lipinski definition) is 0. The first kappa shape index (κ1) is 41.3. The van der Waals surface area contributed by atoms with Crippen LogP contribution in [0.5, 0.6) is 0 Å². The molecule has 0 aromatic rings. The molecule has 0 N–H and O–H groups in total. The van der Waals surface area contributed by atoms with Crippen molar-refractivity contribution in [3.8, 4) is 0 Å². The lowest BCUT2D eigenvalue weighted by atomic mass is 9.98. The number of rotatable bonds is 29. The van der Waals surface area contributed by atoms with Crippen molar-refractivity contribution < 1.29 is 52.1 Å². The minimum atomic E-state index is -4.69. The predicted octanol–water partition coefficient (Wildman–Crippen LogP) is 9.66. The number of unbranched alkanes of at least 4 members (excludes halogenated alkanes) is 16. The van der Waals surface area contributed by atoms with Crippen LogP contribution in [0.3, 0.4) is 0 Å². The van der Waals surface area contributed by atoms with Crippen molar-refractivity contribution in [2.75, 3.05) is 19.0 Å². The van der Waals surface area contributed by atoms with Gasteiger partial charge in [0.15, 0.2) is 49.4 Å². The van der Waals surface area contributed by atoms with E-state index in [0.29, 0.717) is 12.8 Å². The monoisotopic (exact) mass is 650 g/mol. The minimum absolute atomic E-state index is 0.312.